The largest absolute Gasteiger partial charge is 0.339 e. The van der Waals surface area contributed by atoms with Gasteiger partial charge in [-0.15, -0.1) is 0 Å². The van der Waals surface area contributed by atoms with Crippen LogP contribution in [0, 0.1) is 11.6 Å². The lowest BCUT2D eigenvalue weighted by atomic mass is 10.1. The van der Waals surface area contributed by atoms with E-state index in [0.29, 0.717) is 36.3 Å². The molecule has 1 aromatic carbocycles. The van der Waals surface area contributed by atoms with Crippen LogP contribution in [0.3, 0.4) is 0 Å². The van der Waals surface area contributed by atoms with Gasteiger partial charge in [-0.2, -0.15) is 5.10 Å². The SMILES string of the molecule is O=C(Cn1nc(C(F)F)c(Br)c1C1CC1)N1CCN(Cc2cccc(F)c2F)CC1. The summed E-state index contributed by atoms with van der Waals surface area (Å²) < 4.78 is 55.4. The molecule has 2 fully saturated rings. The van der Waals surface area contributed by atoms with E-state index < -0.39 is 18.1 Å². The fourth-order valence-corrected chi connectivity index (χ4v) is 4.55. The van der Waals surface area contributed by atoms with E-state index in [2.05, 4.69) is 21.0 Å². The van der Waals surface area contributed by atoms with Crippen molar-refractivity contribution >= 4 is 21.8 Å². The Morgan fingerprint density at radius 3 is 2.50 bits per heavy atom. The monoisotopic (exact) mass is 488 g/mol. The standard InChI is InChI=1S/C20H21BrF4N4O/c21-16-18(20(24)25)26-29(19(16)12-4-5-12)11-15(30)28-8-6-27(7-9-28)10-13-2-1-3-14(22)17(13)23/h1-3,12,20H,4-11H2. The second-order valence-electron chi connectivity index (χ2n) is 7.69. The molecule has 2 heterocycles. The van der Waals surface area contributed by atoms with E-state index in [-0.39, 0.29) is 36.2 Å². The summed E-state index contributed by atoms with van der Waals surface area (Å²) in [5.41, 5.74) is 0.621. The number of piperazine rings is 1. The van der Waals surface area contributed by atoms with Gasteiger partial charge in [-0.3, -0.25) is 14.4 Å². The van der Waals surface area contributed by atoms with E-state index >= 15 is 0 Å². The maximum atomic E-state index is 13.9. The molecule has 1 aliphatic heterocycles. The molecule has 10 heteroatoms. The third kappa shape index (κ3) is 4.39. The Balaban J connectivity index is 1.37. The van der Waals surface area contributed by atoms with Crippen molar-refractivity contribution < 1.29 is 22.4 Å². The number of amides is 1. The van der Waals surface area contributed by atoms with E-state index in [1.807, 2.05) is 4.90 Å². The Hall–Kier alpha value is -1.94. The van der Waals surface area contributed by atoms with Crippen LogP contribution < -0.4 is 0 Å². The van der Waals surface area contributed by atoms with E-state index in [1.54, 1.807) is 11.0 Å². The Morgan fingerprint density at radius 1 is 1.17 bits per heavy atom. The van der Waals surface area contributed by atoms with Crippen LogP contribution in [0.1, 0.15) is 42.1 Å². The van der Waals surface area contributed by atoms with E-state index in [9.17, 15) is 22.4 Å². The Bertz CT molecular complexity index is 939. The molecule has 2 aliphatic rings. The predicted molar refractivity (Wildman–Crippen MR) is 105 cm³/mol. The summed E-state index contributed by atoms with van der Waals surface area (Å²) in [6.07, 6.45) is -0.910. The molecule has 1 saturated carbocycles. The summed E-state index contributed by atoms with van der Waals surface area (Å²) in [6, 6.07) is 4.10. The quantitative estimate of drug-likeness (QED) is 0.575. The van der Waals surface area contributed by atoms with Gasteiger partial charge >= 0.3 is 0 Å². The van der Waals surface area contributed by atoms with Crippen LogP contribution in [0.2, 0.25) is 0 Å². The minimum Gasteiger partial charge on any atom is -0.339 e. The van der Waals surface area contributed by atoms with Gasteiger partial charge in [0.2, 0.25) is 5.91 Å². The van der Waals surface area contributed by atoms with Crippen LogP contribution in [0.25, 0.3) is 0 Å². The highest BCUT2D eigenvalue weighted by Gasteiger charge is 2.34. The van der Waals surface area contributed by atoms with Gasteiger partial charge in [0.05, 0.1) is 10.2 Å². The molecule has 0 atom stereocenters. The highest BCUT2D eigenvalue weighted by molar-refractivity contribution is 9.10. The zero-order valence-electron chi connectivity index (χ0n) is 16.1. The summed E-state index contributed by atoms with van der Waals surface area (Å²) in [5.74, 6) is -1.75. The normalized spacial score (nSPS) is 17.7. The fraction of sp³-hybridized carbons (Fsp3) is 0.500. The second kappa shape index (κ2) is 8.66. The summed E-state index contributed by atoms with van der Waals surface area (Å²) >= 11 is 3.23. The molecule has 162 valence electrons. The van der Waals surface area contributed by atoms with Crippen LogP contribution in [-0.4, -0.2) is 51.7 Å². The number of alkyl halides is 2. The summed E-state index contributed by atoms with van der Waals surface area (Å²) in [4.78, 5) is 16.4. The number of hydrogen-bond donors (Lipinski definition) is 0. The Kier molecular flexibility index (Phi) is 6.15. The maximum absolute atomic E-state index is 13.9. The van der Waals surface area contributed by atoms with Crippen molar-refractivity contribution in [3.05, 3.63) is 51.3 Å². The highest BCUT2D eigenvalue weighted by Crippen LogP contribution is 2.45. The van der Waals surface area contributed by atoms with Crippen LogP contribution in [-0.2, 0) is 17.9 Å². The van der Waals surface area contributed by atoms with Gasteiger partial charge in [0.25, 0.3) is 6.43 Å². The lowest BCUT2D eigenvalue weighted by molar-refractivity contribution is -0.133. The zero-order chi connectivity index (χ0) is 21.4. The molecule has 0 N–H and O–H groups in total. The molecule has 1 aromatic heterocycles. The molecular weight excluding hydrogens is 468 g/mol. The molecule has 1 aliphatic carbocycles. The smallest absolute Gasteiger partial charge is 0.283 e. The molecule has 1 amide bonds. The Morgan fingerprint density at radius 2 is 1.87 bits per heavy atom. The lowest BCUT2D eigenvalue weighted by Crippen LogP contribution is -2.49. The molecular formula is C20H21BrF4N4O. The van der Waals surface area contributed by atoms with E-state index in [0.717, 1.165) is 18.9 Å². The van der Waals surface area contributed by atoms with Crippen molar-refractivity contribution in [3.8, 4) is 0 Å². The number of hydrogen-bond acceptors (Lipinski definition) is 3. The maximum Gasteiger partial charge on any atom is 0.283 e. The van der Waals surface area contributed by atoms with Crippen molar-refractivity contribution in [2.75, 3.05) is 26.2 Å². The molecule has 2 aromatic rings. The van der Waals surface area contributed by atoms with Crippen LogP contribution >= 0.6 is 15.9 Å². The van der Waals surface area contributed by atoms with Crippen molar-refractivity contribution in [1.29, 1.82) is 0 Å². The molecule has 1 saturated heterocycles. The predicted octanol–water partition coefficient (Wildman–Crippen LogP) is 4.08. The summed E-state index contributed by atoms with van der Waals surface area (Å²) in [6.45, 7) is 2.07. The van der Waals surface area contributed by atoms with Crippen molar-refractivity contribution in [1.82, 2.24) is 19.6 Å². The molecule has 0 unspecified atom stereocenters. The number of carbonyl (C=O) groups excluding carboxylic acids is 1. The summed E-state index contributed by atoms with van der Waals surface area (Å²) in [7, 11) is 0. The van der Waals surface area contributed by atoms with Crippen molar-refractivity contribution in [2.45, 2.75) is 38.3 Å². The van der Waals surface area contributed by atoms with Gasteiger partial charge in [0.15, 0.2) is 11.6 Å². The van der Waals surface area contributed by atoms with Gasteiger partial charge in [-0.05, 0) is 34.8 Å². The molecule has 4 rings (SSSR count). The molecule has 30 heavy (non-hydrogen) atoms. The van der Waals surface area contributed by atoms with Gasteiger partial charge < -0.3 is 4.90 Å². The first-order valence-corrected chi connectivity index (χ1v) is 10.6. The molecule has 0 bridgehead atoms. The second-order valence-corrected chi connectivity index (χ2v) is 8.48. The molecule has 5 nitrogen and oxygen atoms in total. The van der Waals surface area contributed by atoms with E-state index in [1.165, 1.54) is 10.7 Å². The number of nitrogens with zero attached hydrogens (tertiary/aromatic N) is 4. The van der Waals surface area contributed by atoms with Crippen LogP contribution in [0.15, 0.2) is 22.7 Å². The fourth-order valence-electron chi connectivity index (χ4n) is 3.77. The van der Waals surface area contributed by atoms with Gasteiger partial charge in [0.1, 0.15) is 12.2 Å². The average Bonchev–Trinajstić information content (AvgIpc) is 3.49. The third-order valence-corrected chi connectivity index (χ3v) is 6.38. The minimum absolute atomic E-state index is 0.0876. The first kappa shape index (κ1) is 21.3. The van der Waals surface area contributed by atoms with E-state index in [4.69, 9.17) is 0 Å². The lowest BCUT2D eigenvalue weighted by Gasteiger charge is -2.35. The van der Waals surface area contributed by atoms with Gasteiger partial charge in [-0.25, -0.2) is 17.6 Å². The topological polar surface area (TPSA) is 41.4 Å². The highest BCUT2D eigenvalue weighted by atomic mass is 79.9. The molecule has 0 spiro atoms. The van der Waals surface area contributed by atoms with Gasteiger partial charge in [0, 0.05) is 44.2 Å². The van der Waals surface area contributed by atoms with Gasteiger partial charge in [-0.1, -0.05) is 12.1 Å². The molecule has 0 radical (unpaired) electrons. The minimum atomic E-state index is -2.71. The van der Waals surface area contributed by atoms with Crippen molar-refractivity contribution in [2.24, 2.45) is 0 Å². The van der Waals surface area contributed by atoms with Crippen molar-refractivity contribution in [3.63, 3.8) is 0 Å². The Labute approximate surface area is 179 Å². The first-order valence-electron chi connectivity index (χ1n) is 9.82. The number of aromatic nitrogens is 2. The number of rotatable bonds is 6. The first-order chi connectivity index (χ1) is 14.3. The zero-order valence-corrected chi connectivity index (χ0v) is 17.7. The number of benzene rings is 1. The number of carbonyl (C=O) groups is 1. The summed E-state index contributed by atoms with van der Waals surface area (Å²) in [5, 5.41) is 3.98. The average molecular weight is 489 g/mol. The van der Waals surface area contributed by atoms with Crippen LogP contribution in [0.4, 0.5) is 17.6 Å². The number of halogens is 5. The van der Waals surface area contributed by atoms with Crippen LogP contribution in [0.5, 0.6) is 0 Å². The third-order valence-electron chi connectivity index (χ3n) is 5.56.